The van der Waals surface area contributed by atoms with Crippen LogP contribution < -0.4 is 10.6 Å². The molecule has 0 saturated heterocycles. The molecule has 0 aromatic heterocycles. The molecular weight excluding hydrogens is 297 g/mol. The number of nitrogens with zero attached hydrogens (tertiary/aromatic N) is 1. The normalized spacial score (nSPS) is 21.5. The molecule has 0 bridgehead atoms. The highest BCUT2D eigenvalue weighted by atomic mass is 19.4. The summed E-state index contributed by atoms with van der Waals surface area (Å²) in [5, 5.41) is 0. The van der Waals surface area contributed by atoms with E-state index in [1.807, 2.05) is 6.92 Å². The highest BCUT2D eigenvalue weighted by molar-refractivity contribution is 5.90. The van der Waals surface area contributed by atoms with Crippen LogP contribution in [0.4, 0.5) is 23.7 Å². The van der Waals surface area contributed by atoms with E-state index in [1.54, 1.807) is 6.92 Å². The number of benzene rings is 1. The Hall–Kier alpha value is -1.76. The highest BCUT2D eigenvalue weighted by Crippen LogP contribution is 2.37. The summed E-state index contributed by atoms with van der Waals surface area (Å²) in [6.45, 7) is 3.75. The third-order valence-electron chi connectivity index (χ3n) is 3.83. The highest BCUT2D eigenvalue weighted by Gasteiger charge is 2.38. The van der Waals surface area contributed by atoms with E-state index < -0.39 is 23.9 Å². The molecule has 1 aliphatic heterocycles. The molecule has 0 spiro atoms. The molecule has 122 valence electrons. The fourth-order valence-electron chi connectivity index (χ4n) is 2.83. The molecule has 7 heteroatoms. The lowest BCUT2D eigenvalue weighted by Gasteiger charge is -2.40. The van der Waals surface area contributed by atoms with Crippen LogP contribution in [-0.4, -0.2) is 24.8 Å². The summed E-state index contributed by atoms with van der Waals surface area (Å²) in [4.78, 5) is 13.6. The van der Waals surface area contributed by atoms with Crippen LogP contribution in [0, 0.1) is 0 Å². The van der Waals surface area contributed by atoms with Crippen molar-refractivity contribution >= 4 is 11.8 Å². The Kier molecular flexibility index (Phi) is 4.65. The third-order valence-corrected chi connectivity index (χ3v) is 3.83. The zero-order chi connectivity index (χ0) is 16.5. The van der Waals surface area contributed by atoms with Crippen molar-refractivity contribution in [1.82, 2.24) is 0 Å². The van der Waals surface area contributed by atoms with Gasteiger partial charge < -0.3 is 10.5 Å². The van der Waals surface area contributed by atoms with Crippen LogP contribution in [0.2, 0.25) is 0 Å². The largest absolute Gasteiger partial charge is 0.449 e. The number of amides is 1. The van der Waals surface area contributed by atoms with Gasteiger partial charge in [0.1, 0.15) is 0 Å². The van der Waals surface area contributed by atoms with E-state index in [0.717, 1.165) is 12.1 Å². The number of carbonyl (C=O) groups excluding carboxylic acids is 1. The van der Waals surface area contributed by atoms with Crippen LogP contribution in [0.1, 0.15) is 31.4 Å². The molecule has 1 aromatic carbocycles. The van der Waals surface area contributed by atoms with Crippen molar-refractivity contribution in [3.8, 4) is 0 Å². The molecular formula is C15H19F3N2O2. The number of hydrogen-bond donors (Lipinski definition) is 1. The molecule has 22 heavy (non-hydrogen) atoms. The van der Waals surface area contributed by atoms with Crippen molar-refractivity contribution in [2.24, 2.45) is 5.73 Å². The summed E-state index contributed by atoms with van der Waals surface area (Å²) < 4.78 is 43.5. The van der Waals surface area contributed by atoms with Crippen molar-refractivity contribution in [2.75, 3.05) is 11.5 Å². The van der Waals surface area contributed by atoms with Crippen molar-refractivity contribution in [3.05, 3.63) is 29.3 Å². The number of rotatable bonds is 2. The number of fused-ring (bicyclic) bond motifs is 1. The predicted molar refractivity (Wildman–Crippen MR) is 76.7 cm³/mol. The minimum absolute atomic E-state index is 0.191. The van der Waals surface area contributed by atoms with E-state index in [0.29, 0.717) is 24.1 Å². The quantitative estimate of drug-likeness (QED) is 0.910. The van der Waals surface area contributed by atoms with Gasteiger partial charge in [0.25, 0.3) is 0 Å². The van der Waals surface area contributed by atoms with Gasteiger partial charge in [-0.15, -0.1) is 0 Å². The first-order valence-electron chi connectivity index (χ1n) is 7.21. The summed E-state index contributed by atoms with van der Waals surface area (Å²) in [5.74, 6) is 0. The molecule has 1 aromatic rings. The first-order valence-corrected chi connectivity index (χ1v) is 7.21. The number of carbonyl (C=O) groups is 1. The second-order valence-electron chi connectivity index (χ2n) is 5.25. The second kappa shape index (κ2) is 6.16. The van der Waals surface area contributed by atoms with Gasteiger partial charge in [-0.25, -0.2) is 4.79 Å². The smallest absolute Gasteiger partial charge is 0.416 e. The van der Waals surface area contributed by atoms with Gasteiger partial charge in [-0.2, -0.15) is 13.2 Å². The Morgan fingerprint density at radius 3 is 2.64 bits per heavy atom. The van der Waals surface area contributed by atoms with Gasteiger partial charge in [0, 0.05) is 6.04 Å². The summed E-state index contributed by atoms with van der Waals surface area (Å²) >= 11 is 0. The molecule has 2 unspecified atom stereocenters. The molecule has 1 amide bonds. The van der Waals surface area contributed by atoms with Gasteiger partial charge in [0.2, 0.25) is 0 Å². The van der Waals surface area contributed by atoms with Gasteiger partial charge >= 0.3 is 12.3 Å². The van der Waals surface area contributed by atoms with Crippen LogP contribution in [0.5, 0.6) is 0 Å². The number of nitrogens with two attached hydrogens (primary N) is 1. The first-order chi connectivity index (χ1) is 10.3. The molecule has 2 N–H and O–H groups in total. The third kappa shape index (κ3) is 3.04. The summed E-state index contributed by atoms with van der Waals surface area (Å²) in [6.07, 6.45) is -4.10. The number of ether oxygens (including phenoxy) is 1. The lowest BCUT2D eigenvalue weighted by molar-refractivity contribution is -0.137. The fraction of sp³-hybridized carbons (Fsp3) is 0.533. The van der Waals surface area contributed by atoms with E-state index in [1.165, 1.54) is 11.0 Å². The minimum Gasteiger partial charge on any atom is -0.449 e. The average molecular weight is 316 g/mol. The molecule has 1 heterocycles. The first kappa shape index (κ1) is 16.6. The monoisotopic (exact) mass is 316 g/mol. The van der Waals surface area contributed by atoms with Crippen molar-refractivity contribution < 1.29 is 22.7 Å². The van der Waals surface area contributed by atoms with Gasteiger partial charge in [-0.05, 0) is 43.5 Å². The molecule has 0 radical (unpaired) electrons. The maximum Gasteiger partial charge on any atom is 0.416 e. The van der Waals surface area contributed by atoms with E-state index >= 15 is 0 Å². The number of halogens is 3. The van der Waals surface area contributed by atoms with Gasteiger partial charge in [-0.3, -0.25) is 4.90 Å². The van der Waals surface area contributed by atoms with Crippen molar-refractivity contribution in [2.45, 2.75) is 44.9 Å². The van der Waals surface area contributed by atoms with Crippen LogP contribution in [-0.2, 0) is 17.3 Å². The van der Waals surface area contributed by atoms with Crippen LogP contribution >= 0.6 is 0 Å². The lowest BCUT2D eigenvalue weighted by atomic mass is 9.89. The molecule has 4 nitrogen and oxygen atoms in total. The topological polar surface area (TPSA) is 55.6 Å². The molecule has 0 aliphatic carbocycles. The number of hydrogen-bond acceptors (Lipinski definition) is 3. The summed E-state index contributed by atoms with van der Waals surface area (Å²) in [7, 11) is 0. The average Bonchev–Trinajstić information content (AvgIpc) is 2.44. The Balaban J connectivity index is 2.48. The van der Waals surface area contributed by atoms with Crippen molar-refractivity contribution in [1.29, 1.82) is 0 Å². The number of alkyl halides is 3. The van der Waals surface area contributed by atoms with Crippen LogP contribution in [0.3, 0.4) is 0 Å². The van der Waals surface area contributed by atoms with E-state index in [-0.39, 0.29) is 12.6 Å². The zero-order valence-electron chi connectivity index (χ0n) is 12.5. The Morgan fingerprint density at radius 2 is 2.09 bits per heavy atom. The Morgan fingerprint density at radius 1 is 1.41 bits per heavy atom. The zero-order valence-corrected chi connectivity index (χ0v) is 12.5. The molecule has 2 rings (SSSR count). The summed E-state index contributed by atoms with van der Waals surface area (Å²) in [6, 6.07) is 2.65. The standard InChI is InChI=1S/C15H19F3N2O2/c1-3-12-11(19)8-9-7-10(15(16,17)18)5-6-13(9)20(12)14(21)22-4-2/h5-7,11-12H,3-4,8,19H2,1-2H3. The number of anilines is 1. The molecule has 0 fully saturated rings. The molecule has 1 aliphatic rings. The maximum absolute atomic E-state index is 12.8. The molecule has 0 saturated carbocycles. The lowest BCUT2D eigenvalue weighted by Crippen LogP contribution is -2.54. The second-order valence-corrected chi connectivity index (χ2v) is 5.25. The SMILES string of the molecule is CCOC(=O)N1c2ccc(C(F)(F)F)cc2CC(N)C1CC. The Bertz CT molecular complexity index is 560. The van der Waals surface area contributed by atoms with Crippen LogP contribution in [0.25, 0.3) is 0 Å². The summed E-state index contributed by atoms with van der Waals surface area (Å²) in [5.41, 5.74) is 6.18. The minimum atomic E-state index is -4.42. The van der Waals surface area contributed by atoms with Gasteiger partial charge in [-0.1, -0.05) is 6.92 Å². The molecule has 2 atom stereocenters. The Labute approximate surface area is 127 Å². The van der Waals surface area contributed by atoms with Gasteiger partial charge in [0.05, 0.1) is 23.9 Å². The van der Waals surface area contributed by atoms with Crippen LogP contribution in [0.15, 0.2) is 18.2 Å². The fourth-order valence-corrected chi connectivity index (χ4v) is 2.83. The van der Waals surface area contributed by atoms with E-state index in [2.05, 4.69) is 0 Å². The van der Waals surface area contributed by atoms with E-state index in [4.69, 9.17) is 10.5 Å². The maximum atomic E-state index is 12.8. The van der Waals surface area contributed by atoms with Crippen molar-refractivity contribution in [3.63, 3.8) is 0 Å². The van der Waals surface area contributed by atoms with Gasteiger partial charge in [0.15, 0.2) is 0 Å². The predicted octanol–water partition coefficient (Wildman–Crippen LogP) is 3.33. The van der Waals surface area contributed by atoms with E-state index in [9.17, 15) is 18.0 Å².